The number of alkyl halides is 2. The second-order valence-electron chi connectivity index (χ2n) is 4.06. The molecule has 0 saturated carbocycles. The summed E-state index contributed by atoms with van der Waals surface area (Å²) in [6.45, 7) is 0. The lowest BCUT2D eigenvalue weighted by Crippen LogP contribution is -2.24. The van der Waals surface area contributed by atoms with Gasteiger partial charge in [-0.2, -0.15) is 0 Å². The number of hydrogen-bond donors (Lipinski definition) is 0. The maximum Gasteiger partial charge on any atom is 0.264 e. The van der Waals surface area contributed by atoms with Gasteiger partial charge in [0.2, 0.25) is 5.78 Å². The molecule has 0 aliphatic heterocycles. The van der Waals surface area contributed by atoms with Gasteiger partial charge in [0.25, 0.3) is 5.13 Å². The third-order valence-corrected chi connectivity index (χ3v) is 2.92. The van der Waals surface area contributed by atoms with E-state index in [-0.39, 0.29) is 5.56 Å². The van der Waals surface area contributed by atoms with Crippen molar-refractivity contribution in [3.05, 3.63) is 77.9 Å². The molecule has 0 aromatic heterocycles. The Bertz CT molecular complexity index is 576. The molecule has 0 spiro atoms. The van der Waals surface area contributed by atoms with E-state index in [1.807, 2.05) is 18.2 Å². The van der Waals surface area contributed by atoms with Crippen molar-refractivity contribution in [1.29, 1.82) is 0 Å². The molecule has 2 aromatic rings. The van der Waals surface area contributed by atoms with Crippen molar-refractivity contribution in [3.63, 3.8) is 0 Å². The molecular formula is C16H12ClFO. The van der Waals surface area contributed by atoms with Gasteiger partial charge in [0, 0.05) is 5.56 Å². The SMILES string of the molecule is O=C(c1ccccc1)C(F)(Cl)C=Cc1ccccc1. The summed E-state index contributed by atoms with van der Waals surface area (Å²) in [6, 6.07) is 17.3. The first-order chi connectivity index (χ1) is 9.09. The lowest BCUT2D eigenvalue weighted by atomic mass is 10.1. The summed E-state index contributed by atoms with van der Waals surface area (Å²) in [4.78, 5) is 11.9. The number of hydrogen-bond acceptors (Lipinski definition) is 1. The van der Waals surface area contributed by atoms with E-state index in [9.17, 15) is 9.18 Å². The van der Waals surface area contributed by atoms with Crippen molar-refractivity contribution in [2.45, 2.75) is 5.13 Å². The van der Waals surface area contributed by atoms with Crippen LogP contribution in [0.5, 0.6) is 0 Å². The van der Waals surface area contributed by atoms with E-state index in [1.165, 1.54) is 18.2 Å². The Kier molecular flexibility index (Phi) is 4.13. The molecule has 0 bridgehead atoms. The predicted octanol–water partition coefficient (Wildman–Crippen LogP) is 4.49. The van der Waals surface area contributed by atoms with Gasteiger partial charge >= 0.3 is 0 Å². The lowest BCUT2D eigenvalue weighted by molar-refractivity contribution is 0.0879. The normalized spacial score (nSPS) is 14.2. The van der Waals surface area contributed by atoms with E-state index in [0.29, 0.717) is 0 Å². The fourth-order valence-electron chi connectivity index (χ4n) is 1.62. The van der Waals surface area contributed by atoms with E-state index < -0.39 is 10.9 Å². The van der Waals surface area contributed by atoms with Crippen LogP contribution < -0.4 is 0 Å². The Morgan fingerprint density at radius 1 is 1.00 bits per heavy atom. The highest BCUT2D eigenvalue weighted by atomic mass is 35.5. The molecule has 1 atom stereocenters. The molecule has 0 aliphatic carbocycles. The van der Waals surface area contributed by atoms with Crippen molar-refractivity contribution in [3.8, 4) is 0 Å². The van der Waals surface area contributed by atoms with Crippen LogP contribution in [0.4, 0.5) is 4.39 Å². The minimum absolute atomic E-state index is 0.248. The minimum atomic E-state index is -2.53. The fraction of sp³-hybridized carbons (Fsp3) is 0.0625. The number of allylic oxidation sites excluding steroid dienone is 1. The van der Waals surface area contributed by atoms with Crippen LogP contribution in [0.3, 0.4) is 0 Å². The first-order valence-electron chi connectivity index (χ1n) is 5.81. The summed E-state index contributed by atoms with van der Waals surface area (Å²) < 4.78 is 14.2. The maximum atomic E-state index is 14.2. The first kappa shape index (κ1) is 13.5. The topological polar surface area (TPSA) is 17.1 Å². The Labute approximate surface area is 116 Å². The standard InChI is InChI=1S/C16H12ClFO/c17-16(18,12-11-13-7-3-1-4-8-13)15(19)14-9-5-2-6-10-14/h1-12H. The number of ketones is 1. The third-order valence-electron chi connectivity index (χ3n) is 2.62. The third kappa shape index (κ3) is 3.52. The first-order valence-corrected chi connectivity index (χ1v) is 6.19. The number of rotatable bonds is 4. The molecule has 2 rings (SSSR count). The van der Waals surface area contributed by atoms with Crippen LogP contribution in [-0.2, 0) is 0 Å². The van der Waals surface area contributed by atoms with Gasteiger partial charge in [0.15, 0.2) is 0 Å². The van der Waals surface area contributed by atoms with Crippen LogP contribution in [0.15, 0.2) is 66.7 Å². The van der Waals surface area contributed by atoms with Gasteiger partial charge in [-0.05, 0) is 11.6 Å². The average molecular weight is 275 g/mol. The zero-order valence-corrected chi connectivity index (χ0v) is 10.8. The van der Waals surface area contributed by atoms with Gasteiger partial charge in [0.05, 0.1) is 0 Å². The molecule has 0 fully saturated rings. The van der Waals surface area contributed by atoms with Crippen molar-refractivity contribution in [2.75, 3.05) is 0 Å². The summed E-state index contributed by atoms with van der Waals surface area (Å²) in [5.41, 5.74) is 1.03. The minimum Gasteiger partial charge on any atom is -0.289 e. The van der Waals surface area contributed by atoms with E-state index in [2.05, 4.69) is 0 Å². The molecule has 0 heterocycles. The Morgan fingerprint density at radius 3 is 2.11 bits per heavy atom. The average Bonchev–Trinajstić information content (AvgIpc) is 2.46. The monoisotopic (exact) mass is 274 g/mol. The van der Waals surface area contributed by atoms with Gasteiger partial charge < -0.3 is 0 Å². The van der Waals surface area contributed by atoms with Crippen LogP contribution in [0.1, 0.15) is 15.9 Å². The highest BCUT2D eigenvalue weighted by molar-refractivity contribution is 6.38. The van der Waals surface area contributed by atoms with Crippen molar-refractivity contribution >= 4 is 23.5 Å². The molecule has 19 heavy (non-hydrogen) atoms. The van der Waals surface area contributed by atoms with Gasteiger partial charge in [-0.3, -0.25) is 4.79 Å². The second kappa shape index (κ2) is 5.81. The van der Waals surface area contributed by atoms with Crippen LogP contribution in [-0.4, -0.2) is 10.9 Å². The summed E-state index contributed by atoms with van der Waals surface area (Å²) in [6.07, 6.45) is 2.56. The number of benzene rings is 2. The smallest absolute Gasteiger partial charge is 0.264 e. The fourth-order valence-corrected chi connectivity index (χ4v) is 1.79. The molecule has 96 valence electrons. The zero-order chi connectivity index (χ0) is 13.7. The van der Waals surface area contributed by atoms with Gasteiger partial charge in [-0.25, -0.2) is 4.39 Å². The van der Waals surface area contributed by atoms with Crippen molar-refractivity contribution in [2.24, 2.45) is 0 Å². The molecule has 3 heteroatoms. The molecule has 0 radical (unpaired) electrons. The number of halogens is 2. The summed E-state index contributed by atoms with van der Waals surface area (Å²) >= 11 is 5.67. The van der Waals surface area contributed by atoms with Gasteiger partial charge in [-0.15, -0.1) is 0 Å². The largest absolute Gasteiger partial charge is 0.289 e. The van der Waals surface area contributed by atoms with Crippen LogP contribution in [0.2, 0.25) is 0 Å². The Morgan fingerprint density at radius 2 is 1.53 bits per heavy atom. The number of Topliss-reactive ketones (excluding diaryl/α,β-unsaturated/α-hetero) is 1. The quantitative estimate of drug-likeness (QED) is 0.593. The van der Waals surface area contributed by atoms with Crippen molar-refractivity contribution in [1.82, 2.24) is 0 Å². The highest BCUT2D eigenvalue weighted by Gasteiger charge is 2.33. The summed E-state index contributed by atoms with van der Waals surface area (Å²) in [5, 5.41) is -2.53. The van der Waals surface area contributed by atoms with Gasteiger partial charge in [0.1, 0.15) is 0 Å². The van der Waals surface area contributed by atoms with E-state index in [4.69, 9.17) is 11.6 Å². The van der Waals surface area contributed by atoms with E-state index >= 15 is 0 Å². The molecule has 1 unspecified atom stereocenters. The predicted molar refractivity (Wildman–Crippen MR) is 75.9 cm³/mol. The molecular weight excluding hydrogens is 263 g/mol. The molecule has 0 amide bonds. The molecule has 0 aliphatic rings. The van der Waals surface area contributed by atoms with Crippen LogP contribution >= 0.6 is 11.6 Å². The molecule has 0 N–H and O–H groups in total. The van der Waals surface area contributed by atoms with E-state index in [0.717, 1.165) is 11.6 Å². The molecule has 1 nitrogen and oxygen atoms in total. The van der Waals surface area contributed by atoms with Crippen molar-refractivity contribution < 1.29 is 9.18 Å². The van der Waals surface area contributed by atoms with E-state index in [1.54, 1.807) is 30.3 Å². The van der Waals surface area contributed by atoms with Crippen LogP contribution in [0, 0.1) is 0 Å². The number of carbonyl (C=O) groups excluding carboxylic acids is 1. The zero-order valence-electron chi connectivity index (χ0n) is 10.1. The molecule has 2 aromatic carbocycles. The summed E-state index contributed by atoms with van der Waals surface area (Å²) in [5.74, 6) is -0.762. The lowest BCUT2D eigenvalue weighted by Gasteiger charge is -2.11. The van der Waals surface area contributed by atoms with Gasteiger partial charge in [-0.1, -0.05) is 78.3 Å². The number of carbonyl (C=O) groups is 1. The van der Waals surface area contributed by atoms with Crippen LogP contribution in [0.25, 0.3) is 6.08 Å². The highest BCUT2D eigenvalue weighted by Crippen LogP contribution is 2.25. The second-order valence-corrected chi connectivity index (χ2v) is 4.61. The Balaban J connectivity index is 2.19. The Hall–Kier alpha value is -1.93. The summed E-state index contributed by atoms with van der Waals surface area (Å²) in [7, 11) is 0. The molecule has 0 saturated heterocycles. The maximum absolute atomic E-state index is 14.2.